The Morgan fingerprint density at radius 3 is 2.53 bits per heavy atom. The second-order valence-electron chi connectivity index (χ2n) is 4.17. The summed E-state index contributed by atoms with van der Waals surface area (Å²) in [5.41, 5.74) is 5.42. The van der Waals surface area contributed by atoms with Gasteiger partial charge in [-0.3, -0.25) is 4.79 Å². The van der Waals surface area contributed by atoms with E-state index in [-0.39, 0.29) is 5.78 Å². The highest BCUT2D eigenvalue weighted by atomic mass is 32.1. The van der Waals surface area contributed by atoms with Gasteiger partial charge in [-0.25, -0.2) is 0 Å². The Morgan fingerprint density at radius 1 is 1.21 bits per heavy atom. The molecule has 0 atom stereocenters. The molecule has 0 saturated carbocycles. The van der Waals surface area contributed by atoms with Crippen LogP contribution in [0, 0.1) is 0 Å². The van der Waals surface area contributed by atoms with Crippen molar-refractivity contribution in [2.75, 3.05) is 20.8 Å². The number of carbonyl (C=O) groups excluding carboxylic acids is 1. The molecule has 2 rings (SSSR count). The lowest BCUT2D eigenvalue weighted by Crippen LogP contribution is -2.03. The van der Waals surface area contributed by atoms with Crippen LogP contribution in [-0.2, 0) is 0 Å². The van der Waals surface area contributed by atoms with E-state index in [2.05, 4.69) is 0 Å². The molecule has 0 radical (unpaired) electrons. The van der Waals surface area contributed by atoms with Crippen LogP contribution in [0.2, 0.25) is 0 Å². The summed E-state index contributed by atoms with van der Waals surface area (Å²) >= 11 is 1.48. The molecule has 1 heterocycles. The van der Waals surface area contributed by atoms with Crippen molar-refractivity contribution in [1.29, 1.82) is 0 Å². The fourth-order valence-electron chi connectivity index (χ4n) is 1.89. The summed E-state index contributed by atoms with van der Waals surface area (Å²) in [6.07, 6.45) is 1.22. The third kappa shape index (κ3) is 2.88. The molecule has 0 unspecified atom stereocenters. The van der Waals surface area contributed by atoms with Gasteiger partial charge in [0.15, 0.2) is 17.3 Å². The largest absolute Gasteiger partial charge is 0.493 e. The van der Waals surface area contributed by atoms with Gasteiger partial charge in [0.2, 0.25) is 0 Å². The average Bonchev–Trinajstić information content (AvgIpc) is 2.85. The Labute approximate surface area is 116 Å². The molecule has 102 valence electrons. The van der Waals surface area contributed by atoms with Gasteiger partial charge in [0.05, 0.1) is 19.1 Å². The Morgan fingerprint density at radius 2 is 1.89 bits per heavy atom. The van der Waals surface area contributed by atoms with Crippen molar-refractivity contribution in [3.8, 4) is 11.5 Å². The van der Waals surface area contributed by atoms with E-state index in [1.165, 1.54) is 11.3 Å². The number of Topliss-reactive ketones (excluding diaryl/α,β-unsaturated/α-hetero) is 1. The van der Waals surface area contributed by atoms with Gasteiger partial charge >= 0.3 is 0 Å². The van der Waals surface area contributed by atoms with Crippen LogP contribution in [0.25, 0.3) is 10.1 Å². The number of carbonyl (C=O) groups is 1. The molecular formula is C14H17NO3S. The molecule has 0 fully saturated rings. The van der Waals surface area contributed by atoms with Crippen LogP contribution in [0.1, 0.15) is 22.5 Å². The summed E-state index contributed by atoms with van der Waals surface area (Å²) in [6, 6.07) is 5.70. The number of fused-ring (bicyclic) bond motifs is 1. The molecular weight excluding hydrogens is 262 g/mol. The van der Waals surface area contributed by atoms with Crippen LogP contribution in [-0.4, -0.2) is 26.5 Å². The van der Waals surface area contributed by atoms with Crippen LogP contribution in [0.15, 0.2) is 18.2 Å². The predicted molar refractivity (Wildman–Crippen MR) is 77.5 cm³/mol. The molecule has 0 bridgehead atoms. The Kier molecular flexibility index (Phi) is 4.39. The first kappa shape index (κ1) is 13.8. The van der Waals surface area contributed by atoms with Crippen molar-refractivity contribution >= 4 is 27.2 Å². The number of nitrogens with two attached hydrogens (primary N) is 1. The third-order valence-electron chi connectivity index (χ3n) is 2.91. The molecule has 4 nitrogen and oxygen atoms in total. The maximum Gasteiger partial charge on any atom is 0.172 e. The van der Waals surface area contributed by atoms with Gasteiger partial charge in [0.25, 0.3) is 0 Å². The predicted octanol–water partition coefficient (Wildman–Crippen LogP) is 2.84. The zero-order chi connectivity index (χ0) is 13.8. The lowest BCUT2D eigenvalue weighted by molar-refractivity contribution is 0.0984. The van der Waals surface area contributed by atoms with Crippen molar-refractivity contribution in [1.82, 2.24) is 0 Å². The van der Waals surface area contributed by atoms with E-state index in [0.29, 0.717) is 24.5 Å². The van der Waals surface area contributed by atoms with E-state index in [9.17, 15) is 4.79 Å². The molecule has 1 aromatic heterocycles. The van der Waals surface area contributed by atoms with Gasteiger partial charge in [0.1, 0.15) is 0 Å². The summed E-state index contributed by atoms with van der Waals surface area (Å²) in [5.74, 6) is 1.50. The smallest absolute Gasteiger partial charge is 0.172 e. The fraction of sp³-hybridized carbons (Fsp3) is 0.357. The van der Waals surface area contributed by atoms with Crippen molar-refractivity contribution < 1.29 is 14.3 Å². The van der Waals surface area contributed by atoms with Crippen LogP contribution >= 0.6 is 11.3 Å². The van der Waals surface area contributed by atoms with Gasteiger partial charge < -0.3 is 15.2 Å². The highest BCUT2D eigenvalue weighted by molar-refractivity contribution is 7.20. The Balaban J connectivity index is 2.37. The van der Waals surface area contributed by atoms with E-state index < -0.39 is 0 Å². The number of hydrogen-bond donors (Lipinski definition) is 1. The number of thiophene rings is 1. The monoisotopic (exact) mass is 279 g/mol. The standard InChI is InChI=1S/C14H17NO3S/c1-17-11-6-9-7-14(10(16)4-3-5-15)19-13(9)8-12(11)18-2/h6-8H,3-5,15H2,1-2H3. The number of ketones is 1. The van der Waals surface area contributed by atoms with E-state index in [4.69, 9.17) is 15.2 Å². The van der Waals surface area contributed by atoms with Gasteiger partial charge in [0, 0.05) is 17.2 Å². The molecule has 2 aromatic rings. The van der Waals surface area contributed by atoms with E-state index in [1.54, 1.807) is 14.2 Å². The van der Waals surface area contributed by atoms with Crippen molar-refractivity contribution in [2.45, 2.75) is 12.8 Å². The van der Waals surface area contributed by atoms with Crippen molar-refractivity contribution in [3.63, 3.8) is 0 Å². The summed E-state index contributed by atoms with van der Waals surface area (Å²) < 4.78 is 11.5. The molecule has 19 heavy (non-hydrogen) atoms. The Hall–Kier alpha value is -1.59. The molecule has 5 heteroatoms. The summed E-state index contributed by atoms with van der Waals surface area (Å²) in [6.45, 7) is 0.540. The zero-order valence-electron chi connectivity index (χ0n) is 11.1. The van der Waals surface area contributed by atoms with Crippen molar-refractivity contribution in [2.24, 2.45) is 5.73 Å². The molecule has 0 saturated heterocycles. The van der Waals surface area contributed by atoms with Gasteiger partial charge in [-0.2, -0.15) is 0 Å². The highest BCUT2D eigenvalue weighted by Crippen LogP contribution is 2.36. The quantitative estimate of drug-likeness (QED) is 0.826. The molecule has 1 aromatic carbocycles. The molecule has 0 spiro atoms. The lowest BCUT2D eigenvalue weighted by Gasteiger charge is -2.06. The first-order chi connectivity index (χ1) is 9.19. The van der Waals surface area contributed by atoms with Gasteiger partial charge in [-0.1, -0.05) is 0 Å². The van der Waals surface area contributed by atoms with E-state index >= 15 is 0 Å². The second kappa shape index (κ2) is 6.04. The summed E-state index contributed by atoms with van der Waals surface area (Å²) in [4.78, 5) is 12.7. The normalized spacial score (nSPS) is 10.7. The minimum Gasteiger partial charge on any atom is -0.493 e. The number of hydrogen-bond acceptors (Lipinski definition) is 5. The number of methoxy groups -OCH3 is 2. The number of rotatable bonds is 6. The zero-order valence-corrected chi connectivity index (χ0v) is 11.9. The fourth-order valence-corrected chi connectivity index (χ4v) is 2.93. The molecule has 2 N–H and O–H groups in total. The molecule has 0 amide bonds. The van der Waals surface area contributed by atoms with Crippen LogP contribution in [0.3, 0.4) is 0 Å². The number of ether oxygens (including phenoxy) is 2. The minimum absolute atomic E-state index is 0.143. The van der Waals surface area contributed by atoms with Crippen LogP contribution < -0.4 is 15.2 Å². The molecule has 0 aliphatic carbocycles. The van der Waals surface area contributed by atoms with Gasteiger partial charge in [-0.05, 0) is 30.5 Å². The summed E-state index contributed by atoms with van der Waals surface area (Å²) in [5, 5.41) is 0.999. The maximum atomic E-state index is 12.0. The van der Waals surface area contributed by atoms with E-state index in [1.807, 2.05) is 18.2 Å². The number of benzene rings is 1. The van der Waals surface area contributed by atoms with Crippen LogP contribution in [0.5, 0.6) is 11.5 Å². The highest BCUT2D eigenvalue weighted by Gasteiger charge is 2.13. The first-order valence-corrected chi connectivity index (χ1v) is 6.90. The van der Waals surface area contributed by atoms with E-state index in [0.717, 1.165) is 21.4 Å². The third-order valence-corrected chi connectivity index (χ3v) is 4.04. The van der Waals surface area contributed by atoms with Crippen molar-refractivity contribution in [3.05, 3.63) is 23.1 Å². The Bertz CT molecular complexity index is 551. The van der Waals surface area contributed by atoms with Crippen LogP contribution in [0.4, 0.5) is 0 Å². The molecule has 0 aliphatic heterocycles. The second-order valence-corrected chi connectivity index (χ2v) is 5.25. The first-order valence-electron chi connectivity index (χ1n) is 6.08. The SMILES string of the molecule is COc1cc2cc(C(=O)CCCN)sc2cc1OC. The minimum atomic E-state index is 0.143. The average molecular weight is 279 g/mol. The summed E-state index contributed by atoms with van der Waals surface area (Å²) in [7, 11) is 3.20. The lowest BCUT2D eigenvalue weighted by atomic mass is 10.1. The molecule has 0 aliphatic rings. The van der Waals surface area contributed by atoms with Gasteiger partial charge in [-0.15, -0.1) is 11.3 Å². The maximum absolute atomic E-state index is 12.0. The topological polar surface area (TPSA) is 61.5 Å².